The Bertz CT molecular complexity index is 652. The van der Waals surface area contributed by atoms with Gasteiger partial charge in [0.2, 0.25) is 0 Å². The molecule has 0 unspecified atom stereocenters. The van der Waals surface area contributed by atoms with Crippen molar-refractivity contribution in [3.63, 3.8) is 0 Å². The van der Waals surface area contributed by atoms with Gasteiger partial charge in [-0.1, -0.05) is 0 Å². The van der Waals surface area contributed by atoms with Crippen LogP contribution in [0.15, 0.2) is 10.4 Å². The number of nitrogens with one attached hydrogen (secondary N) is 2. The largest absolute Gasteiger partial charge is 0.444 e. The molecule has 7 nitrogen and oxygen atoms in total. The molecule has 0 bridgehead atoms. The number of guanidine groups is 1. The Balaban J connectivity index is 0.00000420. The fourth-order valence-electron chi connectivity index (χ4n) is 3.02. The van der Waals surface area contributed by atoms with Crippen LogP contribution in [0.4, 0.5) is 4.79 Å². The van der Waals surface area contributed by atoms with Crippen LogP contribution in [0.2, 0.25) is 0 Å². The molecule has 0 saturated carbocycles. The van der Waals surface area contributed by atoms with E-state index in [1.807, 2.05) is 32.6 Å². The number of nitrogens with zero attached hydrogens (tertiary/aromatic N) is 3. The number of carbonyl (C=O) groups is 1. The molecular weight excluding hydrogens is 501 g/mol. The van der Waals surface area contributed by atoms with Crippen molar-refractivity contribution < 1.29 is 9.53 Å². The highest BCUT2D eigenvalue weighted by Gasteiger charge is 2.26. The maximum atomic E-state index is 12.2. The van der Waals surface area contributed by atoms with Crippen LogP contribution < -0.4 is 10.6 Å². The Hall–Kier alpha value is -1.10. The molecule has 1 aliphatic heterocycles. The van der Waals surface area contributed by atoms with Crippen molar-refractivity contribution >= 4 is 47.4 Å². The van der Waals surface area contributed by atoms with Gasteiger partial charge in [0, 0.05) is 44.5 Å². The Kier molecular flexibility index (Phi) is 11.2. The average Bonchev–Trinajstić information content (AvgIpc) is 3.04. The Morgan fingerprint density at radius 3 is 2.59 bits per heavy atom. The minimum atomic E-state index is -0.443. The molecule has 2 heterocycles. The van der Waals surface area contributed by atoms with Gasteiger partial charge in [0.25, 0.3) is 0 Å². The third kappa shape index (κ3) is 9.97. The second-order valence-corrected chi connectivity index (χ2v) is 9.23. The molecule has 2 N–H and O–H groups in total. The summed E-state index contributed by atoms with van der Waals surface area (Å²) < 4.78 is 5.46. The number of aryl methyl sites for hydroxylation is 1. The van der Waals surface area contributed by atoms with Gasteiger partial charge in [-0.05, 0) is 53.4 Å². The van der Waals surface area contributed by atoms with E-state index in [1.165, 1.54) is 0 Å². The van der Waals surface area contributed by atoms with Gasteiger partial charge in [-0.15, -0.1) is 35.3 Å². The molecule has 1 aliphatic rings. The number of carbonyl (C=O) groups excluding carboxylic acids is 1. The molecule has 0 aliphatic carbocycles. The van der Waals surface area contributed by atoms with Crippen molar-refractivity contribution in [1.29, 1.82) is 0 Å². The quantitative estimate of drug-likeness (QED) is 0.328. The minimum absolute atomic E-state index is 0. The highest BCUT2D eigenvalue weighted by molar-refractivity contribution is 14.0. The lowest BCUT2D eigenvalue weighted by atomic mass is 9.97. The van der Waals surface area contributed by atoms with Crippen molar-refractivity contribution in [2.75, 3.05) is 32.7 Å². The van der Waals surface area contributed by atoms with Crippen LogP contribution in [0.5, 0.6) is 0 Å². The molecular formula is C20H36IN5O2S. The van der Waals surface area contributed by atoms with Gasteiger partial charge in [-0.3, -0.25) is 4.99 Å². The molecule has 0 aromatic carbocycles. The van der Waals surface area contributed by atoms with Gasteiger partial charge in [0.05, 0.1) is 10.7 Å². The van der Waals surface area contributed by atoms with Crippen molar-refractivity contribution in [1.82, 2.24) is 20.5 Å². The van der Waals surface area contributed by atoms with E-state index in [4.69, 9.17) is 9.73 Å². The highest BCUT2D eigenvalue weighted by Crippen LogP contribution is 2.20. The molecule has 1 aromatic rings. The zero-order valence-electron chi connectivity index (χ0n) is 18.3. The lowest BCUT2D eigenvalue weighted by Crippen LogP contribution is -2.42. The number of hydrogen-bond acceptors (Lipinski definition) is 5. The van der Waals surface area contributed by atoms with Gasteiger partial charge in [-0.25, -0.2) is 9.78 Å². The molecule has 0 spiro atoms. The van der Waals surface area contributed by atoms with E-state index in [0.29, 0.717) is 5.92 Å². The maximum Gasteiger partial charge on any atom is 0.410 e. The van der Waals surface area contributed by atoms with E-state index < -0.39 is 5.60 Å². The predicted octanol–water partition coefficient (Wildman–Crippen LogP) is 3.81. The van der Waals surface area contributed by atoms with Crippen LogP contribution in [0.25, 0.3) is 0 Å². The number of thiazole rings is 1. The van der Waals surface area contributed by atoms with E-state index in [-0.39, 0.29) is 30.1 Å². The fraction of sp³-hybridized carbons (Fsp3) is 0.750. The SMILES string of the molecule is CCNC(=NCC1CCN(C(=O)OC(C)(C)C)CC1)NCCc1csc(C)n1.I. The first-order valence-corrected chi connectivity index (χ1v) is 11.1. The van der Waals surface area contributed by atoms with E-state index in [2.05, 4.69) is 27.9 Å². The first-order chi connectivity index (χ1) is 13.3. The van der Waals surface area contributed by atoms with Gasteiger partial charge in [0.15, 0.2) is 5.96 Å². The summed E-state index contributed by atoms with van der Waals surface area (Å²) in [5.74, 6) is 1.35. The fourth-order valence-corrected chi connectivity index (χ4v) is 3.67. The van der Waals surface area contributed by atoms with Crippen LogP contribution in [0, 0.1) is 12.8 Å². The zero-order valence-corrected chi connectivity index (χ0v) is 21.4. The second kappa shape index (κ2) is 12.6. The normalized spacial score (nSPS) is 15.6. The number of amides is 1. The Morgan fingerprint density at radius 2 is 2.03 bits per heavy atom. The summed E-state index contributed by atoms with van der Waals surface area (Å²) in [7, 11) is 0. The first-order valence-electron chi connectivity index (χ1n) is 10.2. The Morgan fingerprint density at radius 1 is 1.34 bits per heavy atom. The number of ether oxygens (including phenoxy) is 1. The summed E-state index contributed by atoms with van der Waals surface area (Å²) in [6.45, 7) is 13.7. The standard InChI is InChI=1S/C20H35N5O2S.HI/c1-6-21-18(22-10-7-17-14-28-15(2)24-17)23-13-16-8-11-25(12-9-16)19(26)27-20(3,4)5;/h14,16H,6-13H2,1-5H3,(H2,21,22,23);1H. The lowest BCUT2D eigenvalue weighted by Gasteiger charge is -2.33. The van der Waals surface area contributed by atoms with E-state index in [1.54, 1.807) is 11.3 Å². The Labute approximate surface area is 196 Å². The average molecular weight is 538 g/mol. The van der Waals surface area contributed by atoms with E-state index >= 15 is 0 Å². The molecule has 1 amide bonds. The van der Waals surface area contributed by atoms with Gasteiger partial charge in [-0.2, -0.15) is 0 Å². The molecule has 0 radical (unpaired) electrons. The van der Waals surface area contributed by atoms with E-state index in [0.717, 1.165) is 68.6 Å². The lowest BCUT2D eigenvalue weighted by molar-refractivity contribution is 0.0187. The summed E-state index contributed by atoms with van der Waals surface area (Å²) in [5.41, 5.74) is 0.683. The van der Waals surface area contributed by atoms with Crippen molar-refractivity contribution in [3.8, 4) is 0 Å². The molecule has 9 heteroatoms. The highest BCUT2D eigenvalue weighted by atomic mass is 127. The third-order valence-corrected chi connectivity index (χ3v) is 5.28. The van der Waals surface area contributed by atoms with Crippen molar-refractivity contribution in [2.45, 2.75) is 59.5 Å². The number of aliphatic imine (C=N–C) groups is 1. The maximum absolute atomic E-state index is 12.2. The van der Waals surface area contributed by atoms with Crippen molar-refractivity contribution in [2.24, 2.45) is 10.9 Å². The van der Waals surface area contributed by atoms with E-state index in [9.17, 15) is 4.79 Å². The van der Waals surface area contributed by atoms with Crippen LogP contribution >= 0.6 is 35.3 Å². The first kappa shape index (κ1) is 25.9. The topological polar surface area (TPSA) is 78.9 Å². The molecule has 0 atom stereocenters. The smallest absolute Gasteiger partial charge is 0.410 e. The van der Waals surface area contributed by atoms with Gasteiger partial charge in [0.1, 0.15) is 5.60 Å². The third-order valence-electron chi connectivity index (χ3n) is 4.46. The predicted molar refractivity (Wildman–Crippen MR) is 130 cm³/mol. The number of hydrogen-bond donors (Lipinski definition) is 2. The minimum Gasteiger partial charge on any atom is -0.444 e. The second-order valence-electron chi connectivity index (χ2n) is 8.17. The zero-order chi connectivity index (χ0) is 20.6. The van der Waals surface area contributed by atoms with Crippen molar-refractivity contribution in [3.05, 3.63) is 16.1 Å². The van der Waals surface area contributed by atoms with Crippen LogP contribution in [0.1, 0.15) is 51.2 Å². The summed E-state index contributed by atoms with van der Waals surface area (Å²) in [6, 6.07) is 0. The summed E-state index contributed by atoms with van der Waals surface area (Å²) >= 11 is 1.69. The number of rotatable bonds is 6. The molecule has 1 fully saturated rings. The number of likely N-dealkylation sites (tertiary alicyclic amines) is 1. The molecule has 2 rings (SSSR count). The monoisotopic (exact) mass is 537 g/mol. The molecule has 1 saturated heterocycles. The van der Waals surface area contributed by atoms with Crippen LogP contribution in [0.3, 0.4) is 0 Å². The summed E-state index contributed by atoms with van der Waals surface area (Å²) in [6.07, 6.45) is 2.60. The van der Waals surface area contributed by atoms with Crippen LogP contribution in [-0.2, 0) is 11.2 Å². The van der Waals surface area contributed by atoms with Gasteiger partial charge >= 0.3 is 6.09 Å². The summed E-state index contributed by atoms with van der Waals surface area (Å²) in [5, 5.41) is 9.91. The molecule has 166 valence electrons. The molecule has 29 heavy (non-hydrogen) atoms. The number of piperidine rings is 1. The summed E-state index contributed by atoms with van der Waals surface area (Å²) in [4.78, 5) is 23.2. The molecule has 1 aromatic heterocycles. The van der Waals surface area contributed by atoms with Crippen LogP contribution in [-0.4, -0.2) is 60.3 Å². The number of halogens is 1. The number of aromatic nitrogens is 1. The van der Waals surface area contributed by atoms with Gasteiger partial charge < -0.3 is 20.3 Å².